The maximum Gasteiger partial charge on any atom is 0.242 e. The zero-order valence-electron chi connectivity index (χ0n) is 13.5. The van der Waals surface area contributed by atoms with Gasteiger partial charge in [-0.1, -0.05) is 39.5 Å². The molecular weight excluding hydrogens is 264 g/mol. The fraction of sp³-hybridized carbons (Fsp3) is 0.750. The molecule has 2 rings (SSSR count). The molecule has 0 bridgehead atoms. The van der Waals surface area contributed by atoms with Crippen LogP contribution in [0.15, 0.2) is 0 Å². The molecule has 21 heavy (non-hydrogen) atoms. The van der Waals surface area contributed by atoms with Crippen LogP contribution in [0.2, 0.25) is 0 Å². The predicted octanol–water partition coefficient (Wildman–Crippen LogP) is 3.72. The van der Waals surface area contributed by atoms with Gasteiger partial charge in [-0.25, -0.2) is 4.98 Å². The highest BCUT2D eigenvalue weighted by Gasteiger charge is 2.18. The van der Waals surface area contributed by atoms with Crippen LogP contribution < -0.4 is 15.8 Å². The molecule has 0 atom stereocenters. The smallest absolute Gasteiger partial charge is 0.242 e. The first-order valence-corrected chi connectivity index (χ1v) is 8.18. The molecule has 1 aliphatic carbocycles. The van der Waals surface area contributed by atoms with Gasteiger partial charge in [0, 0.05) is 12.0 Å². The van der Waals surface area contributed by atoms with Gasteiger partial charge in [0.2, 0.25) is 5.88 Å². The van der Waals surface area contributed by atoms with Crippen LogP contribution >= 0.6 is 0 Å². The van der Waals surface area contributed by atoms with E-state index >= 15 is 0 Å². The van der Waals surface area contributed by atoms with E-state index in [1.807, 2.05) is 6.92 Å². The van der Waals surface area contributed by atoms with Crippen molar-refractivity contribution in [2.24, 2.45) is 0 Å². The van der Waals surface area contributed by atoms with Crippen LogP contribution in [0.25, 0.3) is 0 Å². The molecule has 1 fully saturated rings. The van der Waals surface area contributed by atoms with Crippen molar-refractivity contribution in [3.63, 3.8) is 0 Å². The predicted molar refractivity (Wildman–Crippen MR) is 86.8 cm³/mol. The van der Waals surface area contributed by atoms with Gasteiger partial charge in [0.15, 0.2) is 5.82 Å². The average Bonchev–Trinajstić information content (AvgIpc) is 2.71. The van der Waals surface area contributed by atoms with Crippen LogP contribution in [0, 0.1) is 0 Å². The SMILES string of the molecule is CCOc1nc(C(C)C)nc(NC2CCCCCC2)c1N. The highest BCUT2D eigenvalue weighted by molar-refractivity contribution is 5.67. The van der Waals surface area contributed by atoms with E-state index in [0.717, 1.165) is 11.6 Å². The molecule has 0 saturated heterocycles. The lowest BCUT2D eigenvalue weighted by Gasteiger charge is -2.20. The van der Waals surface area contributed by atoms with E-state index in [0.29, 0.717) is 24.2 Å². The van der Waals surface area contributed by atoms with E-state index in [2.05, 4.69) is 29.1 Å². The molecule has 1 aliphatic rings. The van der Waals surface area contributed by atoms with E-state index in [9.17, 15) is 0 Å². The van der Waals surface area contributed by atoms with Crippen LogP contribution in [0.1, 0.15) is 71.0 Å². The van der Waals surface area contributed by atoms with Crippen molar-refractivity contribution in [3.05, 3.63) is 5.82 Å². The Bertz CT molecular complexity index is 454. The molecule has 0 spiro atoms. The molecule has 0 amide bonds. The normalized spacial score (nSPS) is 16.8. The monoisotopic (exact) mass is 292 g/mol. The number of nitrogens with one attached hydrogen (secondary N) is 1. The van der Waals surface area contributed by atoms with Crippen molar-refractivity contribution in [1.29, 1.82) is 0 Å². The molecule has 0 unspecified atom stereocenters. The van der Waals surface area contributed by atoms with Gasteiger partial charge in [0.1, 0.15) is 11.5 Å². The third-order valence-corrected chi connectivity index (χ3v) is 3.92. The summed E-state index contributed by atoms with van der Waals surface area (Å²) in [6, 6.07) is 0.458. The molecule has 0 radical (unpaired) electrons. The second-order valence-corrected chi connectivity index (χ2v) is 6.07. The lowest BCUT2D eigenvalue weighted by molar-refractivity contribution is 0.326. The molecule has 0 aromatic carbocycles. The minimum Gasteiger partial charge on any atom is -0.476 e. The van der Waals surface area contributed by atoms with Crippen LogP contribution in [0.5, 0.6) is 5.88 Å². The number of ether oxygens (including phenoxy) is 1. The highest BCUT2D eigenvalue weighted by Crippen LogP contribution is 2.30. The molecule has 118 valence electrons. The highest BCUT2D eigenvalue weighted by atomic mass is 16.5. The minimum absolute atomic E-state index is 0.250. The average molecular weight is 292 g/mol. The van der Waals surface area contributed by atoms with Gasteiger partial charge in [-0.2, -0.15) is 4.98 Å². The molecule has 5 heteroatoms. The largest absolute Gasteiger partial charge is 0.476 e. The van der Waals surface area contributed by atoms with Crippen molar-refractivity contribution >= 4 is 11.5 Å². The second kappa shape index (κ2) is 7.48. The number of hydrogen-bond donors (Lipinski definition) is 2. The standard InChI is InChI=1S/C16H28N4O/c1-4-21-16-13(17)15(19-14(20-16)11(2)3)18-12-9-7-5-6-8-10-12/h11-12H,4-10,17H2,1-3H3,(H,18,19,20). The first kappa shape index (κ1) is 15.9. The zero-order chi connectivity index (χ0) is 15.2. The van der Waals surface area contributed by atoms with E-state index < -0.39 is 0 Å². The minimum atomic E-state index is 0.250. The van der Waals surface area contributed by atoms with Gasteiger partial charge in [-0.15, -0.1) is 0 Å². The summed E-state index contributed by atoms with van der Waals surface area (Å²) in [6.07, 6.45) is 7.59. The Labute approximate surface area is 127 Å². The van der Waals surface area contributed by atoms with Crippen molar-refractivity contribution in [2.45, 2.75) is 71.3 Å². The number of rotatable bonds is 5. The Kier molecular flexibility index (Phi) is 5.65. The molecule has 1 aromatic rings. The number of aromatic nitrogens is 2. The van der Waals surface area contributed by atoms with Gasteiger partial charge in [-0.3, -0.25) is 0 Å². The molecule has 5 nitrogen and oxygen atoms in total. The van der Waals surface area contributed by atoms with Gasteiger partial charge in [0.05, 0.1) is 6.61 Å². The molecule has 1 heterocycles. The van der Waals surface area contributed by atoms with E-state index in [4.69, 9.17) is 10.5 Å². The third-order valence-electron chi connectivity index (χ3n) is 3.92. The number of nitrogen functional groups attached to an aromatic ring is 1. The van der Waals surface area contributed by atoms with Crippen LogP contribution in [0.4, 0.5) is 11.5 Å². The first-order chi connectivity index (χ1) is 10.1. The molecular formula is C16H28N4O. The Balaban J connectivity index is 2.23. The summed E-state index contributed by atoms with van der Waals surface area (Å²) < 4.78 is 5.57. The number of anilines is 2. The topological polar surface area (TPSA) is 73.1 Å². The Morgan fingerprint density at radius 2 is 1.86 bits per heavy atom. The quantitative estimate of drug-likeness (QED) is 0.809. The fourth-order valence-electron chi connectivity index (χ4n) is 2.70. The number of nitrogens with two attached hydrogens (primary N) is 1. The fourth-order valence-corrected chi connectivity index (χ4v) is 2.70. The van der Waals surface area contributed by atoms with Crippen LogP contribution in [-0.4, -0.2) is 22.6 Å². The number of nitrogens with zero attached hydrogens (tertiary/aromatic N) is 2. The summed E-state index contributed by atoms with van der Waals surface area (Å²) in [7, 11) is 0. The first-order valence-electron chi connectivity index (χ1n) is 8.18. The maximum atomic E-state index is 6.18. The summed E-state index contributed by atoms with van der Waals surface area (Å²) in [6.45, 7) is 6.66. The molecule has 1 aromatic heterocycles. The van der Waals surface area contributed by atoms with Gasteiger partial charge >= 0.3 is 0 Å². The summed E-state index contributed by atoms with van der Waals surface area (Å²) >= 11 is 0. The van der Waals surface area contributed by atoms with Crippen molar-refractivity contribution in [1.82, 2.24) is 9.97 Å². The zero-order valence-corrected chi connectivity index (χ0v) is 13.5. The van der Waals surface area contributed by atoms with Crippen LogP contribution in [-0.2, 0) is 0 Å². The van der Waals surface area contributed by atoms with Crippen LogP contribution in [0.3, 0.4) is 0 Å². The van der Waals surface area contributed by atoms with Gasteiger partial charge in [-0.05, 0) is 19.8 Å². The summed E-state index contributed by atoms with van der Waals surface area (Å²) in [5.41, 5.74) is 6.72. The lowest BCUT2D eigenvalue weighted by Crippen LogP contribution is -2.21. The van der Waals surface area contributed by atoms with E-state index in [-0.39, 0.29) is 5.92 Å². The Morgan fingerprint density at radius 1 is 1.19 bits per heavy atom. The van der Waals surface area contributed by atoms with Gasteiger partial charge in [0.25, 0.3) is 0 Å². The van der Waals surface area contributed by atoms with Crippen molar-refractivity contribution < 1.29 is 4.74 Å². The summed E-state index contributed by atoms with van der Waals surface area (Å²) in [5, 5.41) is 3.53. The summed E-state index contributed by atoms with van der Waals surface area (Å²) in [4.78, 5) is 9.05. The van der Waals surface area contributed by atoms with E-state index in [1.165, 1.54) is 38.5 Å². The Hall–Kier alpha value is -1.52. The molecule has 3 N–H and O–H groups in total. The van der Waals surface area contributed by atoms with Crippen molar-refractivity contribution in [3.8, 4) is 5.88 Å². The van der Waals surface area contributed by atoms with E-state index in [1.54, 1.807) is 0 Å². The second-order valence-electron chi connectivity index (χ2n) is 6.07. The Morgan fingerprint density at radius 3 is 2.43 bits per heavy atom. The molecule has 1 saturated carbocycles. The number of hydrogen-bond acceptors (Lipinski definition) is 5. The lowest BCUT2D eigenvalue weighted by atomic mass is 10.1. The summed E-state index contributed by atoms with van der Waals surface area (Å²) in [5.74, 6) is 2.28. The maximum absolute atomic E-state index is 6.18. The van der Waals surface area contributed by atoms with Gasteiger partial charge < -0.3 is 15.8 Å². The van der Waals surface area contributed by atoms with Crippen molar-refractivity contribution in [2.75, 3.05) is 17.7 Å². The molecule has 0 aliphatic heterocycles. The third kappa shape index (κ3) is 4.22.